The Bertz CT molecular complexity index is 738. The summed E-state index contributed by atoms with van der Waals surface area (Å²) in [6.07, 6.45) is 2.35. The van der Waals surface area contributed by atoms with Crippen molar-refractivity contribution in [1.82, 2.24) is 4.90 Å². The number of carboxylic acid groups (broad SMARTS) is 1. The van der Waals surface area contributed by atoms with Gasteiger partial charge in [0.2, 0.25) is 0 Å². The van der Waals surface area contributed by atoms with Crippen molar-refractivity contribution in [3.05, 3.63) is 34.7 Å². The predicted molar refractivity (Wildman–Crippen MR) is 92.8 cm³/mol. The van der Waals surface area contributed by atoms with Crippen LogP contribution in [0.4, 0.5) is 0 Å². The SMILES string of the molecule is O=C(O)c1sc2ccccc2c1CN1CCOCC1C1CCCO1. The normalized spacial score (nSPS) is 25.3. The third-order valence-corrected chi connectivity index (χ3v) is 6.13. The van der Waals surface area contributed by atoms with E-state index in [1.54, 1.807) is 0 Å². The van der Waals surface area contributed by atoms with Crippen LogP contribution in [0.25, 0.3) is 10.1 Å². The maximum absolute atomic E-state index is 11.7. The molecule has 1 aromatic heterocycles. The van der Waals surface area contributed by atoms with Crippen LogP contribution in [0.15, 0.2) is 24.3 Å². The van der Waals surface area contributed by atoms with E-state index in [9.17, 15) is 9.90 Å². The molecule has 0 aliphatic carbocycles. The van der Waals surface area contributed by atoms with Crippen LogP contribution in [-0.2, 0) is 16.0 Å². The third-order valence-electron chi connectivity index (χ3n) is 4.93. The minimum atomic E-state index is -0.840. The number of aromatic carboxylic acids is 1. The Hall–Kier alpha value is -1.47. The number of thiophene rings is 1. The summed E-state index contributed by atoms with van der Waals surface area (Å²) in [6, 6.07) is 8.16. The number of hydrogen-bond acceptors (Lipinski definition) is 5. The van der Waals surface area contributed by atoms with Crippen molar-refractivity contribution in [3.8, 4) is 0 Å². The van der Waals surface area contributed by atoms with Crippen molar-refractivity contribution in [2.75, 3.05) is 26.4 Å². The van der Waals surface area contributed by atoms with Gasteiger partial charge in [0.05, 0.1) is 25.4 Å². The lowest BCUT2D eigenvalue weighted by molar-refractivity contribution is -0.0684. The maximum Gasteiger partial charge on any atom is 0.346 e. The van der Waals surface area contributed by atoms with Gasteiger partial charge in [-0.3, -0.25) is 4.90 Å². The van der Waals surface area contributed by atoms with Gasteiger partial charge in [0.25, 0.3) is 0 Å². The van der Waals surface area contributed by atoms with Crippen molar-refractivity contribution in [1.29, 1.82) is 0 Å². The van der Waals surface area contributed by atoms with Gasteiger partial charge in [0, 0.05) is 24.4 Å². The van der Waals surface area contributed by atoms with E-state index in [4.69, 9.17) is 9.47 Å². The van der Waals surface area contributed by atoms with Gasteiger partial charge >= 0.3 is 5.97 Å². The Morgan fingerprint density at radius 1 is 1.33 bits per heavy atom. The molecule has 0 saturated carbocycles. The van der Waals surface area contributed by atoms with Gasteiger partial charge in [-0.25, -0.2) is 4.79 Å². The third kappa shape index (κ3) is 2.95. The highest BCUT2D eigenvalue weighted by molar-refractivity contribution is 7.21. The monoisotopic (exact) mass is 347 g/mol. The van der Waals surface area contributed by atoms with E-state index in [-0.39, 0.29) is 12.1 Å². The van der Waals surface area contributed by atoms with E-state index in [0.717, 1.165) is 41.6 Å². The van der Waals surface area contributed by atoms with E-state index < -0.39 is 5.97 Å². The number of morpholine rings is 1. The first-order valence-corrected chi connectivity index (χ1v) is 9.23. The van der Waals surface area contributed by atoms with Crippen LogP contribution < -0.4 is 0 Å². The minimum Gasteiger partial charge on any atom is -0.477 e. The Morgan fingerprint density at radius 3 is 3.00 bits per heavy atom. The maximum atomic E-state index is 11.7. The highest BCUT2D eigenvalue weighted by Crippen LogP contribution is 2.33. The molecule has 2 atom stereocenters. The lowest BCUT2D eigenvalue weighted by atomic mass is 10.0. The largest absolute Gasteiger partial charge is 0.477 e. The molecule has 0 amide bonds. The number of nitrogens with zero attached hydrogens (tertiary/aromatic N) is 1. The molecule has 1 N–H and O–H groups in total. The molecule has 2 aliphatic rings. The van der Waals surface area contributed by atoms with Crippen molar-refractivity contribution in [2.24, 2.45) is 0 Å². The molecular formula is C18H21NO4S. The van der Waals surface area contributed by atoms with Crippen LogP contribution in [0.2, 0.25) is 0 Å². The minimum absolute atomic E-state index is 0.198. The summed E-state index contributed by atoms with van der Waals surface area (Å²) in [6.45, 7) is 3.62. The van der Waals surface area contributed by atoms with Crippen LogP contribution in [-0.4, -0.2) is 54.5 Å². The molecule has 1 aromatic carbocycles. The highest BCUT2D eigenvalue weighted by atomic mass is 32.1. The number of carbonyl (C=O) groups is 1. The number of rotatable bonds is 4. The van der Waals surface area contributed by atoms with Crippen molar-refractivity contribution < 1.29 is 19.4 Å². The first kappa shape index (κ1) is 16.0. The molecule has 2 unspecified atom stereocenters. The van der Waals surface area contributed by atoms with Gasteiger partial charge < -0.3 is 14.6 Å². The molecule has 0 spiro atoms. The average Bonchev–Trinajstić information content (AvgIpc) is 3.24. The fraction of sp³-hybridized carbons (Fsp3) is 0.500. The average molecular weight is 347 g/mol. The van der Waals surface area contributed by atoms with Crippen molar-refractivity contribution in [3.63, 3.8) is 0 Å². The van der Waals surface area contributed by atoms with Gasteiger partial charge in [-0.05, 0) is 29.9 Å². The van der Waals surface area contributed by atoms with Gasteiger partial charge in [-0.15, -0.1) is 11.3 Å². The number of benzene rings is 1. The standard InChI is InChI=1S/C18H21NO4S/c20-18(21)17-13(12-4-1-2-6-16(12)24-17)10-19-7-9-22-11-14(19)15-5-3-8-23-15/h1-2,4,6,14-15H,3,5,7-11H2,(H,20,21). The number of fused-ring (bicyclic) bond motifs is 1. The second-order valence-corrected chi connectivity index (χ2v) is 7.43. The van der Waals surface area contributed by atoms with Gasteiger partial charge in [-0.1, -0.05) is 18.2 Å². The first-order chi connectivity index (χ1) is 11.7. The van der Waals surface area contributed by atoms with E-state index in [0.29, 0.717) is 24.6 Å². The van der Waals surface area contributed by atoms with Crippen LogP contribution in [0.3, 0.4) is 0 Å². The second kappa shape index (κ2) is 6.80. The molecule has 0 bridgehead atoms. The molecule has 6 heteroatoms. The summed E-state index contributed by atoms with van der Waals surface area (Å²) in [5.41, 5.74) is 0.924. The van der Waals surface area contributed by atoms with E-state index in [1.165, 1.54) is 11.3 Å². The summed E-state index contributed by atoms with van der Waals surface area (Å²) in [4.78, 5) is 14.5. The molecule has 2 aliphatic heterocycles. The zero-order chi connectivity index (χ0) is 16.5. The fourth-order valence-electron chi connectivity index (χ4n) is 3.73. The predicted octanol–water partition coefficient (Wildman–Crippen LogP) is 2.98. The molecule has 2 saturated heterocycles. The Morgan fingerprint density at radius 2 is 2.21 bits per heavy atom. The Kier molecular flexibility index (Phi) is 4.54. The van der Waals surface area contributed by atoms with Gasteiger partial charge in [0.15, 0.2) is 0 Å². The molecule has 2 fully saturated rings. The topological polar surface area (TPSA) is 59.0 Å². The van der Waals surface area contributed by atoms with Crippen molar-refractivity contribution in [2.45, 2.75) is 31.5 Å². The first-order valence-electron chi connectivity index (χ1n) is 8.41. The molecule has 4 rings (SSSR count). The van der Waals surface area contributed by atoms with Crippen LogP contribution in [0.5, 0.6) is 0 Å². The van der Waals surface area contributed by atoms with Crippen LogP contribution in [0, 0.1) is 0 Å². The van der Waals surface area contributed by atoms with Crippen LogP contribution >= 0.6 is 11.3 Å². The van der Waals surface area contributed by atoms with E-state index in [2.05, 4.69) is 4.90 Å². The lowest BCUT2D eigenvalue weighted by Crippen LogP contribution is -2.51. The Labute approximate surface area is 144 Å². The molecule has 3 heterocycles. The quantitative estimate of drug-likeness (QED) is 0.921. The molecule has 24 heavy (non-hydrogen) atoms. The summed E-state index contributed by atoms with van der Waals surface area (Å²) >= 11 is 1.37. The molecule has 128 valence electrons. The summed E-state index contributed by atoms with van der Waals surface area (Å²) in [7, 11) is 0. The summed E-state index contributed by atoms with van der Waals surface area (Å²) in [5, 5.41) is 10.7. The van der Waals surface area contributed by atoms with Crippen molar-refractivity contribution >= 4 is 27.4 Å². The fourth-order valence-corrected chi connectivity index (χ4v) is 4.79. The van der Waals surface area contributed by atoms with E-state index >= 15 is 0 Å². The highest BCUT2D eigenvalue weighted by Gasteiger charge is 2.34. The second-order valence-electron chi connectivity index (χ2n) is 6.38. The van der Waals surface area contributed by atoms with Gasteiger partial charge in [0.1, 0.15) is 4.88 Å². The zero-order valence-electron chi connectivity index (χ0n) is 13.4. The number of carboxylic acids is 1. The Balaban J connectivity index is 1.66. The number of ether oxygens (including phenoxy) is 2. The summed E-state index contributed by atoms with van der Waals surface area (Å²) < 4.78 is 12.6. The molecule has 2 aromatic rings. The molecule has 5 nitrogen and oxygen atoms in total. The van der Waals surface area contributed by atoms with Crippen LogP contribution in [0.1, 0.15) is 28.1 Å². The molecular weight excluding hydrogens is 326 g/mol. The lowest BCUT2D eigenvalue weighted by Gasteiger charge is -2.38. The van der Waals surface area contributed by atoms with E-state index in [1.807, 2.05) is 24.3 Å². The van der Waals surface area contributed by atoms with Gasteiger partial charge in [-0.2, -0.15) is 0 Å². The zero-order valence-corrected chi connectivity index (χ0v) is 14.3. The smallest absolute Gasteiger partial charge is 0.346 e. The molecule has 0 radical (unpaired) electrons. The number of hydrogen-bond donors (Lipinski definition) is 1. The summed E-state index contributed by atoms with van der Waals surface area (Å²) in [5.74, 6) is -0.840.